The maximum atomic E-state index is 5.87. The number of hydrogen-bond donors (Lipinski definition) is 1. The lowest BCUT2D eigenvalue weighted by Gasteiger charge is -1.97. The molecule has 1 N–H and O–H groups in total. The van der Waals surface area contributed by atoms with E-state index in [1.54, 1.807) is 10.8 Å². The van der Waals surface area contributed by atoms with E-state index < -0.39 is 0 Å². The van der Waals surface area contributed by atoms with Gasteiger partial charge < -0.3 is 0 Å². The second-order valence-corrected chi connectivity index (χ2v) is 7.06. The minimum Gasteiger partial charge on any atom is -0.258 e. The van der Waals surface area contributed by atoms with E-state index in [9.17, 15) is 0 Å². The number of aromatic amines is 1. The van der Waals surface area contributed by atoms with Crippen LogP contribution in [0.1, 0.15) is 5.56 Å². The van der Waals surface area contributed by atoms with Gasteiger partial charge in [-0.1, -0.05) is 41.4 Å². The Hall–Kier alpha value is -1.43. The van der Waals surface area contributed by atoms with Gasteiger partial charge in [-0.25, -0.2) is 4.98 Å². The van der Waals surface area contributed by atoms with Gasteiger partial charge in [-0.2, -0.15) is 0 Å². The van der Waals surface area contributed by atoms with Gasteiger partial charge >= 0.3 is 0 Å². The van der Waals surface area contributed by atoms with E-state index in [0.717, 1.165) is 21.3 Å². The summed E-state index contributed by atoms with van der Waals surface area (Å²) < 4.78 is 0. The van der Waals surface area contributed by atoms with E-state index in [2.05, 4.69) is 34.2 Å². The third-order valence-electron chi connectivity index (χ3n) is 2.82. The fraction of sp³-hybridized carbons (Fsp3) is 0.0667. The molecule has 0 bridgehead atoms. The fourth-order valence-corrected chi connectivity index (χ4v) is 3.52. The molecule has 0 aliphatic heterocycles. The lowest BCUT2D eigenvalue weighted by Crippen LogP contribution is -1.80. The Kier molecular flexibility index (Phi) is 4.53. The van der Waals surface area contributed by atoms with Gasteiger partial charge in [-0.15, -0.1) is 5.10 Å². The van der Waals surface area contributed by atoms with Crippen LogP contribution < -0.4 is 0 Å². The summed E-state index contributed by atoms with van der Waals surface area (Å²) >= 11 is 5.87. The first kappa shape index (κ1) is 14.5. The molecule has 0 unspecified atom stereocenters. The van der Waals surface area contributed by atoms with Crippen molar-refractivity contribution < 1.29 is 0 Å². The maximum absolute atomic E-state index is 5.87. The molecule has 0 saturated heterocycles. The predicted octanol–water partition coefficient (Wildman–Crippen LogP) is 5.23. The van der Waals surface area contributed by atoms with Crippen molar-refractivity contribution >= 4 is 33.2 Å². The van der Waals surface area contributed by atoms with Crippen LogP contribution in [0.3, 0.4) is 0 Å². The number of aryl methyl sites for hydroxylation is 1. The number of nitrogens with zero attached hydrogens (tertiary/aromatic N) is 2. The van der Waals surface area contributed by atoms with Gasteiger partial charge in [-0.05, 0) is 52.8 Å². The van der Waals surface area contributed by atoms with Gasteiger partial charge in [0.05, 0.1) is 0 Å². The largest absolute Gasteiger partial charge is 0.258 e. The van der Waals surface area contributed by atoms with Gasteiger partial charge in [0.25, 0.3) is 0 Å². The third-order valence-corrected chi connectivity index (χ3v) is 5.22. The molecule has 0 aliphatic rings. The molecule has 0 aliphatic carbocycles. The highest BCUT2D eigenvalue weighted by molar-refractivity contribution is 8.76. The number of benzene rings is 2. The highest BCUT2D eigenvalue weighted by atomic mass is 35.5. The second-order valence-electron chi connectivity index (χ2n) is 4.45. The summed E-state index contributed by atoms with van der Waals surface area (Å²) in [6, 6.07) is 15.9. The van der Waals surface area contributed by atoms with Crippen LogP contribution in [0.2, 0.25) is 5.02 Å². The molecule has 0 spiro atoms. The van der Waals surface area contributed by atoms with Crippen molar-refractivity contribution in [3.63, 3.8) is 0 Å². The summed E-state index contributed by atoms with van der Waals surface area (Å²) in [5, 5.41) is 8.65. The summed E-state index contributed by atoms with van der Waals surface area (Å²) in [4.78, 5) is 5.61. The average Bonchev–Trinajstić information content (AvgIpc) is 2.96. The van der Waals surface area contributed by atoms with Gasteiger partial charge in [-0.3, -0.25) is 5.10 Å². The smallest absolute Gasteiger partial charge is 0.219 e. The minimum atomic E-state index is 0.713. The van der Waals surface area contributed by atoms with Gasteiger partial charge in [0.2, 0.25) is 5.16 Å². The number of nitrogens with one attached hydrogen (secondary N) is 1. The van der Waals surface area contributed by atoms with Crippen LogP contribution >= 0.6 is 33.2 Å². The Morgan fingerprint density at radius 3 is 2.38 bits per heavy atom. The normalized spacial score (nSPS) is 10.8. The zero-order valence-electron chi connectivity index (χ0n) is 11.2. The van der Waals surface area contributed by atoms with Crippen LogP contribution in [-0.2, 0) is 0 Å². The standard InChI is InChI=1S/C15H12ClN3S2/c1-10-2-4-11(5-3-10)14-17-15(19-18-14)21-20-13-8-6-12(16)7-9-13/h2-9H,1H3,(H,17,18,19). The Morgan fingerprint density at radius 2 is 1.67 bits per heavy atom. The SMILES string of the molecule is Cc1ccc(-c2nc(SSc3ccc(Cl)cc3)n[nH]2)cc1. The summed E-state index contributed by atoms with van der Waals surface area (Å²) in [6.45, 7) is 2.06. The predicted molar refractivity (Wildman–Crippen MR) is 89.7 cm³/mol. The highest BCUT2D eigenvalue weighted by Crippen LogP contribution is 2.36. The second kappa shape index (κ2) is 6.56. The van der Waals surface area contributed by atoms with Gasteiger partial charge in [0.15, 0.2) is 5.82 Å². The van der Waals surface area contributed by atoms with Crippen molar-refractivity contribution in [3.8, 4) is 11.4 Å². The van der Waals surface area contributed by atoms with Gasteiger partial charge in [0.1, 0.15) is 0 Å². The molecule has 3 nitrogen and oxygen atoms in total. The van der Waals surface area contributed by atoms with Crippen LogP contribution in [0.4, 0.5) is 0 Å². The lowest BCUT2D eigenvalue weighted by molar-refractivity contribution is 0.979. The van der Waals surface area contributed by atoms with Gasteiger partial charge in [0, 0.05) is 15.5 Å². The van der Waals surface area contributed by atoms with Crippen LogP contribution in [0.15, 0.2) is 58.6 Å². The van der Waals surface area contributed by atoms with Crippen LogP contribution in [0, 0.1) is 6.92 Å². The molecule has 0 atom stereocenters. The first-order valence-corrected chi connectivity index (χ1v) is 8.83. The highest BCUT2D eigenvalue weighted by Gasteiger charge is 2.07. The van der Waals surface area contributed by atoms with E-state index >= 15 is 0 Å². The molecule has 6 heteroatoms. The molecule has 21 heavy (non-hydrogen) atoms. The fourth-order valence-electron chi connectivity index (χ4n) is 1.70. The first-order chi connectivity index (χ1) is 10.2. The Bertz CT molecular complexity index is 723. The van der Waals surface area contributed by atoms with E-state index in [0.29, 0.717) is 5.16 Å². The Morgan fingerprint density at radius 1 is 0.952 bits per heavy atom. The molecule has 106 valence electrons. The van der Waals surface area contributed by atoms with Crippen molar-refractivity contribution in [2.24, 2.45) is 0 Å². The maximum Gasteiger partial charge on any atom is 0.219 e. The van der Waals surface area contributed by atoms with Crippen LogP contribution in [0.25, 0.3) is 11.4 Å². The summed E-state index contributed by atoms with van der Waals surface area (Å²) in [5.41, 5.74) is 2.27. The number of H-pyrrole nitrogens is 1. The lowest BCUT2D eigenvalue weighted by atomic mass is 10.1. The average molecular weight is 334 g/mol. The van der Waals surface area contributed by atoms with Crippen LogP contribution in [0.5, 0.6) is 0 Å². The molecule has 0 saturated carbocycles. The molecule has 1 aromatic heterocycles. The molecule has 0 amide bonds. The first-order valence-electron chi connectivity index (χ1n) is 6.30. The van der Waals surface area contributed by atoms with Crippen molar-refractivity contribution in [3.05, 3.63) is 59.1 Å². The zero-order chi connectivity index (χ0) is 14.7. The van der Waals surface area contributed by atoms with E-state index in [1.165, 1.54) is 16.4 Å². The number of rotatable bonds is 4. The minimum absolute atomic E-state index is 0.713. The number of halogens is 1. The summed E-state index contributed by atoms with van der Waals surface area (Å²) in [6.07, 6.45) is 0. The molecule has 3 rings (SSSR count). The molecule has 0 fully saturated rings. The Labute approximate surface area is 135 Å². The van der Waals surface area contributed by atoms with E-state index in [4.69, 9.17) is 11.6 Å². The molecular weight excluding hydrogens is 322 g/mol. The zero-order valence-corrected chi connectivity index (χ0v) is 13.6. The number of hydrogen-bond acceptors (Lipinski definition) is 4. The topological polar surface area (TPSA) is 41.6 Å². The van der Waals surface area contributed by atoms with Crippen molar-refractivity contribution in [2.45, 2.75) is 17.0 Å². The molecule has 1 heterocycles. The van der Waals surface area contributed by atoms with E-state index in [1.807, 2.05) is 36.4 Å². The van der Waals surface area contributed by atoms with Crippen molar-refractivity contribution in [1.82, 2.24) is 15.2 Å². The van der Waals surface area contributed by atoms with Crippen LogP contribution in [-0.4, -0.2) is 15.2 Å². The quantitative estimate of drug-likeness (QED) is 0.663. The molecular formula is C15H12ClN3S2. The summed E-state index contributed by atoms with van der Waals surface area (Å²) in [5.74, 6) is 0.786. The monoisotopic (exact) mass is 333 g/mol. The molecule has 2 aromatic carbocycles. The summed E-state index contributed by atoms with van der Waals surface area (Å²) in [7, 11) is 3.12. The van der Waals surface area contributed by atoms with E-state index in [-0.39, 0.29) is 0 Å². The Balaban J connectivity index is 1.67. The molecule has 3 aromatic rings. The number of aromatic nitrogens is 3. The third kappa shape index (κ3) is 3.81. The van der Waals surface area contributed by atoms with Crippen molar-refractivity contribution in [2.75, 3.05) is 0 Å². The molecule has 0 radical (unpaired) electrons. The van der Waals surface area contributed by atoms with Crippen molar-refractivity contribution in [1.29, 1.82) is 0 Å².